The number of rotatable bonds is 4. The van der Waals surface area contributed by atoms with E-state index in [4.69, 9.17) is 11.6 Å². The Hall–Kier alpha value is -2.38. The minimum Gasteiger partial charge on any atom is -0.380 e. The first-order chi connectivity index (χ1) is 14.0. The van der Waals surface area contributed by atoms with Gasteiger partial charge in [0.05, 0.1) is 21.8 Å². The van der Waals surface area contributed by atoms with E-state index in [9.17, 15) is 13.6 Å². The Morgan fingerprint density at radius 2 is 1.97 bits per heavy atom. The quantitative estimate of drug-likeness (QED) is 0.631. The maximum Gasteiger partial charge on any atom is 0.257 e. The summed E-state index contributed by atoms with van der Waals surface area (Å²) in [5.41, 5.74) is 2.23. The number of carbonyl (C=O) groups is 1. The molecule has 0 saturated carbocycles. The molecule has 1 aromatic heterocycles. The lowest BCUT2D eigenvalue weighted by atomic mass is 10.1. The summed E-state index contributed by atoms with van der Waals surface area (Å²) in [6, 6.07) is 8.71. The van der Waals surface area contributed by atoms with Crippen molar-refractivity contribution in [3.05, 3.63) is 70.4 Å². The summed E-state index contributed by atoms with van der Waals surface area (Å²) in [4.78, 5) is 19.3. The van der Waals surface area contributed by atoms with Gasteiger partial charge in [-0.05, 0) is 35.9 Å². The molecule has 1 aliphatic rings. The molecular weight excluding hydrogens is 416 g/mol. The fourth-order valence-corrected chi connectivity index (χ4v) is 4.40. The normalized spacial score (nSPS) is 14.2. The predicted molar refractivity (Wildman–Crippen MR) is 114 cm³/mol. The van der Waals surface area contributed by atoms with Crippen molar-refractivity contribution in [1.29, 1.82) is 0 Å². The van der Waals surface area contributed by atoms with Crippen LogP contribution in [0.5, 0.6) is 0 Å². The molecule has 150 valence electrons. The van der Waals surface area contributed by atoms with Crippen LogP contribution in [-0.2, 0) is 6.54 Å². The molecule has 0 spiro atoms. The SMILES string of the molecule is O=C(c1cnc2ccc(F)cc2c1NCc1ccc(F)c(Cl)c1)N1CCSCC1. The number of benzene rings is 2. The van der Waals surface area contributed by atoms with Crippen molar-refractivity contribution in [3.63, 3.8) is 0 Å². The van der Waals surface area contributed by atoms with Crippen LogP contribution in [0.4, 0.5) is 14.5 Å². The minimum atomic E-state index is -0.495. The fraction of sp³-hybridized carbons (Fsp3) is 0.238. The third kappa shape index (κ3) is 4.31. The van der Waals surface area contributed by atoms with Crippen LogP contribution in [0.15, 0.2) is 42.6 Å². The second kappa shape index (κ2) is 8.55. The van der Waals surface area contributed by atoms with Gasteiger partial charge in [0, 0.05) is 42.7 Å². The number of halogens is 3. The maximum absolute atomic E-state index is 14.0. The average molecular weight is 434 g/mol. The molecule has 0 unspecified atom stereocenters. The predicted octanol–water partition coefficient (Wildman–Crippen LogP) is 4.97. The standard InChI is InChI=1S/C21H18ClF2N3OS/c22-17-9-13(1-3-18(17)24)11-26-20-15-10-14(23)2-4-19(15)25-12-16(20)21(28)27-5-7-29-8-6-27/h1-4,9-10,12H,5-8,11H2,(H,25,26). The summed E-state index contributed by atoms with van der Waals surface area (Å²) in [7, 11) is 0. The van der Waals surface area contributed by atoms with Gasteiger partial charge >= 0.3 is 0 Å². The largest absolute Gasteiger partial charge is 0.380 e. The number of hydrogen-bond acceptors (Lipinski definition) is 4. The van der Waals surface area contributed by atoms with Gasteiger partial charge in [0.2, 0.25) is 0 Å². The molecule has 4 nitrogen and oxygen atoms in total. The van der Waals surface area contributed by atoms with Gasteiger partial charge in [0.25, 0.3) is 5.91 Å². The van der Waals surface area contributed by atoms with Crippen LogP contribution in [-0.4, -0.2) is 40.4 Å². The highest BCUT2D eigenvalue weighted by molar-refractivity contribution is 7.99. The van der Waals surface area contributed by atoms with Crippen LogP contribution in [0.2, 0.25) is 5.02 Å². The van der Waals surface area contributed by atoms with E-state index in [1.54, 1.807) is 17.0 Å². The van der Waals surface area contributed by atoms with E-state index in [0.717, 1.165) is 17.1 Å². The third-order valence-electron chi connectivity index (χ3n) is 4.81. The number of hydrogen-bond donors (Lipinski definition) is 1. The lowest BCUT2D eigenvalue weighted by Crippen LogP contribution is -2.38. The van der Waals surface area contributed by atoms with E-state index >= 15 is 0 Å². The van der Waals surface area contributed by atoms with Gasteiger partial charge in [0.15, 0.2) is 0 Å². The fourth-order valence-electron chi connectivity index (χ4n) is 3.29. The first kappa shape index (κ1) is 19.9. The molecule has 0 radical (unpaired) electrons. The van der Waals surface area contributed by atoms with Gasteiger partial charge < -0.3 is 10.2 Å². The van der Waals surface area contributed by atoms with E-state index in [1.807, 2.05) is 11.8 Å². The lowest BCUT2D eigenvalue weighted by molar-refractivity contribution is 0.0773. The minimum absolute atomic E-state index is 0.0250. The Balaban J connectivity index is 1.72. The Morgan fingerprint density at radius 3 is 2.72 bits per heavy atom. The number of pyridine rings is 1. The van der Waals surface area contributed by atoms with Crippen LogP contribution < -0.4 is 5.32 Å². The first-order valence-corrected chi connectivity index (χ1v) is 10.7. The van der Waals surface area contributed by atoms with Crippen molar-refractivity contribution in [1.82, 2.24) is 9.88 Å². The maximum atomic E-state index is 14.0. The molecule has 1 N–H and O–H groups in total. The zero-order valence-electron chi connectivity index (χ0n) is 15.4. The first-order valence-electron chi connectivity index (χ1n) is 9.16. The molecule has 0 atom stereocenters. The molecule has 2 aromatic carbocycles. The number of aromatic nitrogens is 1. The summed E-state index contributed by atoms with van der Waals surface area (Å²) < 4.78 is 27.4. The van der Waals surface area contributed by atoms with E-state index < -0.39 is 11.6 Å². The van der Waals surface area contributed by atoms with Crippen molar-refractivity contribution in [2.45, 2.75) is 6.54 Å². The van der Waals surface area contributed by atoms with Crippen molar-refractivity contribution >= 4 is 45.9 Å². The van der Waals surface area contributed by atoms with Crippen LogP contribution in [0.3, 0.4) is 0 Å². The molecule has 1 aliphatic heterocycles. The molecule has 0 aliphatic carbocycles. The monoisotopic (exact) mass is 433 g/mol. The number of carbonyl (C=O) groups excluding carboxylic acids is 1. The van der Waals surface area contributed by atoms with Gasteiger partial charge in [-0.3, -0.25) is 9.78 Å². The van der Waals surface area contributed by atoms with Crippen molar-refractivity contribution in [3.8, 4) is 0 Å². The van der Waals surface area contributed by atoms with Gasteiger partial charge in [-0.15, -0.1) is 0 Å². The Labute approximate surface area is 176 Å². The van der Waals surface area contributed by atoms with Gasteiger partial charge in [-0.2, -0.15) is 11.8 Å². The van der Waals surface area contributed by atoms with Crippen LogP contribution in [0.25, 0.3) is 10.9 Å². The molecule has 1 amide bonds. The topological polar surface area (TPSA) is 45.2 Å². The van der Waals surface area contributed by atoms with E-state index in [-0.39, 0.29) is 10.9 Å². The number of nitrogens with one attached hydrogen (secondary N) is 1. The zero-order chi connectivity index (χ0) is 20.4. The molecule has 2 heterocycles. The molecule has 4 rings (SSSR count). The smallest absolute Gasteiger partial charge is 0.257 e. The Kier molecular flexibility index (Phi) is 5.87. The highest BCUT2D eigenvalue weighted by Gasteiger charge is 2.23. The van der Waals surface area contributed by atoms with E-state index in [1.165, 1.54) is 30.5 Å². The molecule has 29 heavy (non-hydrogen) atoms. The summed E-state index contributed by atoms with van der Waals surface area (Å²) in [6.45, 7) is 1.63. The molecule has 3 aromatic rings. The van der Waals surface area contributed by atoms with Crippen molar-refractivity contribution in [2.75, 3.05) is 29.9 Å². The highest BCUT2D eigenvalue weighted by atomic mass is 35.5. The van der Waals surface area contributed by atoms with Gasteiger partial charge in [-0.25, -0.2) is 8.78 Å². The Morgan fingerprint density at radius 1 is 1.17 bits per heavy atom. The van der Waals surface area contributed by atoms with Crippen LogP contribution in [0.1, 0.15) is 15.9 Å². The van der Waals surface area contributed by atoms with Gasteiger partial charge in [-0.1, -0.05) is 17.7 Å². The molecular formula is C21H18ClF2N3OS. The summed E-state index contributed by atoms with van der Waals surface area (Å²) in [6.07, 6.45) is 1.53. The average Bonchev–Trinajstić information content (AvgIpc) is 2.74. The number of thioether (sulfide) groups is 1. The molecule has 1 saturated heterocycles. The third-order valence-corrected chi connectivity index (χ3v) is 6.04. The van der Waals surface area contributed by atoms with E-state index in [2.05, 4.69) is 10.3 Å². The number of anilines is 1. The van der Waals surface area contributed by atoms with Crippen LogP contribution in [0, 0.1) is 11.6 Å². The zero-order valence-corrected chi connectivity index (χ0v) is 17.0. The second-order valence-corrected chi connectivity index (χ2v) is 8.35. The van der Waals surface area contributed by atoms with Crippen molar-refractivity contribution in [2.24, 2.45) is 0 Å². The number of fused-ring (bicyclic) bond motifs is 1. The van der Waals surface area contributed by atoms with Gasteiger partial charge in [0.1, 0.15) is 11.6 Å². The van der Waals surface area contributed by atoms with Crippen LogP contribution >= 0.6 is 23.4 Å². The summed E-state index contributed by atoms with van der Waals surface area (Å²) >= 11 is 7.68. The molecule has 8 heteroatoms. The summed E-state index contributed by atoms with van der Waals surface area (Å²) in [5, 5.41) is 3.77. The lowest BCUT2D eigenvalue weighted by Gasteiger charge is -2.27. The number of amides is 1. The van der Waals surface area contributed by atoms with Crippen molar-refractivity contribution < 1.29 is 13.6 Å². The summed E-state index contributed by atoms with van der Waals surface area (Å²) in [5.74, 6) is 0.733. The molecule has 1 fully saturated rings. The Bertz CT molecular complexity index is 1070. The molecule has 0 bridgehead atoms. The second-order valence-electron chi connectivity index (χ2n) is 6.71. The van der Waals surface area contributed by atoms with E-state index in [0.29, 0.717) is 41.8 Å². The highest BCUT2D eigenvalue weighted by Crippen LogP contribution is 2.29. The number of nitrogens with zero attached hydrogens (tertiary/aromatic N) is 2.